The van der Waals surface area contributed by atoms with Crippen LogP contribution in [0.15, 0.2) is 24.3 Å². The molecule has 0 spiro atoms. The lowest BCUT2D eigenvalue weighted by molar-refractivity contribution is -0.116. The van der Waals surface area contributed by atoms with Gasteiger partial charge in [0.15, 0.2) is 0 Å². The van der Waals surface area contributed by atoms with E-state index in [9.17, 15) is 13.2 Å². The van der Waals surface area contributed by atoms with Crippen molar-refractivity contribution < 1.29 is 13.2 Å². The van der Waals surface area contributed by atoms with Crippen molar-refractivity contribution in [2.75, 3.05) is 36.1 Å². The molecule has 1 rings (SSSR count). The van der Waals surface area contributed by atoms with Crippen LogP contribution in [0.4, 0.5) is 11.4 Å². The molecule has 0 radical (unpaired) electrons. The van der Waals surface area contributed by atoms with E-state index in [1.54, 1.807) is 0 Å². The molecule has 0 aromatic heterocycles. The summed E-state index contributed by atoms with van der Waals surface area (Å²) in [6, 6.07) is 7.58. The molecular formula is C18H31N3O3S. The number of nitrogens with zero attached hydrogens (tertiary/aromatic N) is 2. The van der Waals surface area contributed by atoms with Crippen LogP contribution >= 0.6 is 0 Å². The largest absolute Gasteiger partial charge is 0.372 e. The lowest BCUT2D eigenvalue weighted by Gasteiger charge is -2.25. The zero-order valence-corrected chi connectivity index (χ0v) is 16.8. The Morgan fingerprint density at radius 3 is 2.12 bits per heavy atom. The quantitative estimate of drug-likeness (QED) is 0.688. The number of anilines is 2. The first-order valence-electron chi connectivity index (χ1n) is 8.84. The van der Waals surface area contributed by atoms with Crippen LogP contribution in [0, 0.1) is 0 Å². The van der Waals surface area contributed by atoms with E-state index in [0.717, 1.165) is 24.5 Å². The van der Waals surface area contributed by atoms with Crippen LogP contribution in [0.3, 0.4) is 0 Å². The number of benzene rings is 1. The van der Waals surface area contributed by atoms with Gasteiger partial charge in [-0.3, -0.25) is 4.79 Å². The molecular weight excluding hydrogens is 338 g/mol. The van der Waals surface area contributed by atoms with Gasteiger partial charge in [-0.05, 0) is 51.5 Å². The third-order valence-electron chi connectivity index (χ3n) is 4.35. The summed E-state index contributed by atoms with van der Waals surface area (Å²) in [5, 5.41) is 2.83. The molecule has 0 saturated heterocycles. The molecule has 0 aliphatic heterocycles. The van der Waals surface area contributed by atoms with Crippen LogP contribution in [0.25, 0.3) is 0 Å². The van der Waals surface area contributed by atoms with Crippen LogP contribution in [0.5, 0.6) is 0 Å². The van der Waals surface area contributed by atoms with Gasteiger partial charge in [0.25, 0.3) is 0 Å². The third kappa shape index (κ3) is 6.66. The highest BCUT2D eigenvalue weighted by atomic mass is 32.2. The molecule has 0 heterocycles. The second-order valence-corrected chi connectivity index (χ2v) is 8.08. The molecule has 6 nitrogen and oxygen atoms in total. The minimum absolute atomic E-state index is 0.115. The van der Waals surface area contributed by atoms with Crippen molar-refractivity contribution in [1.82, 2.24) is 4.31 Å². The molecule has 1 aromatic rings. The highest BCUT2D eigenvalue weighted by Gasteiger charge is 2.22. The van der Waals surface area contributed by atoms with Gasteiger partial charge in [-0.25, -0.2) is 8.42 Å². The first-order chi connectivity index (χ1) is 11.7. The smallest absolute Gasteiger partial charge is 0.225 e. The Morgan fingerprint density at radius 1 is 1.12 bits per heavy atom. The van der Waals surface area contributed by atoms with Gasteiger partial charge >= 0.3 is 0 Å². The fourth-order valence-corrected chi connectivity index (χ4v) is 3.92. The average Bonchev–Trinajstić information content (AvgIpc) is 2.56. The summed E-state index contributed by atoms with van der Waals surface area (Å²) < 4.78 is 25.1. The number of amides is 1. The van der Waals surface area contributed by atoms with Gasteiger partial charge in [-0.2, -0.15) is 4.31 Å². The maximum absolute atomic E-state index is 12.1. The fourth-order valence-electron chi connectivity index (χ4n) is 2.70. The van der Waals surface area contributed by atoms with Crippen molar-refractivity contribution in [2.24, 2.45) is 0 Å². The van der Waals surface area contributed by atoms with Crippen LogP contribution in [-0.4, -0.2) is 50.6 Å². The van der Waals surface area contributed by atoms with E-state index >= 15 is 0 Å². The van der Waals surface area contributed by atoms with E-state index in [-0.39, 0.29) is 24.9 Å². The average molecular weight is 370 g/mol. The van der Waals surface area contributed by atoms with E-state index in [1.807, 2.05) is 38.1 Å². The Balaban J connectivity index is 2.64. The topological polar surface area (TPSA) is 69.7 Å². The van der Waals surface area contributed by atoms with Crippen molar-refractivity contribution in [3.63, 3.8) is 0 Å². The summed E-state index contributed by atoms with van der Waals surface area (Å²) >= 11 is 0. The number of hydrogen-bond acceptors (Lipinski definition) is 4. The molecule has 142 valence electrons. The standard InChI is InChI=1S/C18H31N3O3S/c1-6-15(4)21(25(5,23)24)14-13-18(22)19-16-9-11-17(12-10-16)20(7-2)8-3/h9-12,15H,6-8,13-14H2,1-5H3,(H,19,22). The molecule has 0 aliphatic carbocycles. The first kappa shape index (κ1) is 21.4. The SMILES string of the molecule is CCC(C)N(CCC(=O)Nc1ccc(N(CC)CC)cc1)S(C)(=O)=O. The number of hydrogen-bond donors (Lipinski definition) is 1. The Bertz CT molecular complexity index is 640. The van der Waals surface area contributed by atoms with E-state index in [1.165, 1.54) is 10.6 Å². The first-order valence-corrected chi connectivity index (χ1v) is 10.7. The molecule has 1 N–H and O–H groups in total. The monoisotopic (exact) mass is 369 g/mol. The lowest BCUT2D eigenvalue weighted by Crippen LogP contribution is -2.39. The highest BCUT2D eigenvalue weighted by Crippen LogP contribution is 2.18. The van der Waals surface area contributed by atoms with Gasteiger partial charge in [0.1, 0.15) is 0 Å². The van der Waals surface area contributed by atoms with E-state index in [4.69, 9.17) is 0 Å². The van der Waals surface area contributed by atoms with Crippen molar-refractivity contribution in [1.29, 1.82) is 0 Å². The Hall–Kier alpha value is -1.60. The summed E-state index contributed by atoms with van der Waals surface area (Å²) in [6.45, 7) is 10.0. The maximum Gasteiger partial charge on any atom is 0.225 e. The molecule has 0 aliphatic rings. The van der Waals surface area contributed by atoms with Crippen molar-refractivity contribution in [2.45, 2.75) is 46.6 Å². The summed E-state index contributed by atoms with van der Waals surface area (Å²) in [4.78, 5) is 14.4. The molecule has 7 heteroatoms. The second-order valence-electron chi connectivity index (χ2n) is 6.15. The van der Waals surface area contributed by atoms with Crippen molar-refractivity contribution in [3.8, 4) is 0 Å². The molecule has 0 bridgehead atoms. The van der Waals surface area contributed by atoms with E-state index in [0.29, 0.717) is 6.42 Å². The van der Waals surface area contributed by atoms with Gasteiger partial charge in [0.05, 0.1) is 6.26 Å². The van der Waals surface area contributed by atoms with Crippen LogP contribution in [-0.2, 0) is 14.8 Å². The van der Waals surface area contributed by atoms with Crippen LogP contribution in [0.1, 0.15) is 40.5 Å². The molecule has 1 aromatic carbocycles. The van der Waals surface area contributed by atoms with Gasteiger partial charge in [-0.15, -0.1) is 0 Å². The molecule has 1 unspecified atom stereocenters. The van der Waals surface area contributed by atoms with Gasteiger partial charge < -0.3 is 10.2 Å². The second kappa shape index (κ2) is 9.77. The number of sulfonamides is 1. The number of nitrogens with one attached hydrogen (secondary N) is 1. The minimum Gasteiger partial charge on any atom is -0.372 e. The number of carbonyl (C=O) groups excluding carboxylic acids is 1. The van der Waals surface area contributed by atoms with E-state index < -0.39 is 10.0 Å². The molecule has 0 saturated carbocycles. The van der Waals surface area contributed by atoms with Crippen LogP contribution < -0.4 is 10.2 Å². The molecule has 1 atom stereocenters. The number of carbonyl (C=O) groups is 1. The van der Waals surface area contributed by atoms with Crippen molar-refractivity contribution in [3.05, 3.63) is 24.3 Å². The van der Waals surface area contributed by atoms with Gasteiger partial charge in [0.2, 0.25) is 15.9 Å². The summed E-state index contributed by atoms with van der Waals surface area (Å²) in [5.41, 5.74) is 1.83. The lowest BCUT2D eigenvalue weighted by atomic mass is 10.2. The highest BCUT2D eigenvalue weighted by molar-refractivity contribution is 7.88. The normalized spacial score (nSPS) is 12.9. The molecule has 0 fully saturated rings. The predicted octanol–water partition coefficient (Wildman–Crippen LogP) is 2.92. The Kier molecular flexibility index (Phi) is 8.38. The van der Waals surface area contributed by atoms with Gasteiger partial charge in [-0.1, -0.05) is 6.92 Å². The minimum atomic E-state index is -3.32. The summed E-state index contributed by atoms with van der Waals surface area (Å²) in [5.74, 6) is -0.187. The maximum atomic E-state index is 12.1. The van der Waals surface area contributed by atoms with Crippen LogP contribution in [0.2, 0.25) is 0 Å². The van der Waals surface area contributed by atoms with Crippen molar-refractivity contribution >= 4 is 27.3 Å². The zero-order chi connectivity index (χ0) is 19.0. The fraction of sp³-hybridized carbons (Fsp3) is 0.611. The predicted molar refractivity (Wildman–Crippen MR) is 105 cm³/mol. The third-order valence-corrected chi connectivity index (χ3v) is 5.74. The summed E-state index contributed by atoms with van der Waals surface area (Å²) in [7, 11) is -3.32. The summed E-state index contributed by atoms with van der Waals surface area (Å²) in [6.07, 6.45) is 2.03. The molecule has 25 heavy (non-hydrogen) atoms. The zero-order valence-electron chi connectivity index (χ0n) is 15.9. The molecule has 1 amide bonds. The Labute approximate surface area is 152 Å². The van der Waals surface area contributed by atoms with Gasteiger partial charge in [0, 0.05) is 43.5 Å². The Morgan fingerprint density at radius 2 is 1.68 bits per heavy atom. The number of rotatable bonds is 10. The van der Waals surface area contributed by atoms with E-state index in [2.05, 4.69) is 24.1 Å².